The lowest BCUT2D eigenvalue weighted by atomic mass is 9.44. The zero-order valence-electron chi connectivity index (χ0n) is 19.8. The van der Waals surface area contributed by atoms with Crippen molar-refractivity contribution in [3.63, 3.8) is 0 Å². The number of nitrogens with one attached hydrogen (secondary N) is 1. The van der Waals surface area contributed by atoms with Crippen LogP contribution in [0.15, 0.2) is 0 Å². The number of piperidine rings is 1. The van der Waals surface area contributed by atoms with Crippen molar-refractivity contribution in [1.29, 1.82) is 0 Å². The molecule has 3 heteroatoms. The second-order valence-corrected chi connectivity index (χ2v) is 13.3. The van der Waals surface area contributed by atoms with Gasteiger partial charge in [-0.15, -0.1) is 0 Å². The molecular formula is C27H45NO2. The lowest BCUT2D eigenvalue weighted by Crippen LogP contribution is -2.57. The molecule has 12 atom stereocenters. The smallest absolute Gasteiger partial charge is 0.122 e. The van der Waals surface area contributed by atoms with Gasteiger partial charge >= 0.3 is 0 Å². The summed E-state index contributed by atoms with van der Waals surface area (Å²) in [6.45, 7) is 11.3. The Bertz CT molecular complexity index is 686. The Morgan fingerprint density at radius 2 is 1.67 bits per heavy atom. The Morgan fingerprint density at radius 1 is 0.867 bits per heavy atom. The highest BCUT2D eigenvalue weighted by atomic mass is 16.5. The average Bonchev–Trinajstić information content (AvgIpc) is 3.16. The molecule has 30 heavy (non-hydrogen) atoms. The first kappa shape index (κ1) is 20.5. The van der Waals surface area contributed by atoms with Crippen molar-refractivity contribution in [2.24, 2.45) is 52.3 Å². The number of aliphatic hydroxyl groups excluding tert-OH is 1. The molecule has 4 saturated carbocycles. The van der Waals surface area contributed by atoms with Gasteiger partial charge in [-0.05, 0) is 111 Å². The monoisotopic (exact) mass is 415 g/mol. The molecule has 2 aliphatic heterocycles. The van der Waals surface area contributed by atoms with Gasteiger partial charge in [0.15, 0.2) is 0 Å². The van der Waals surface area contributed by atoms with Gasteiger partial charge in [0, 0.05) is 12.5 Å². The summed E-state index contributed by atoms with van der Waals surface area (Å²) in [5, 5.41) is 14.2. The number of hydrogen-bond acceptors (Lipinski definition) is 3. The molecule has 0 radical (unpaired) electrons. The molecule has 4 aliphatic carbocycles. The Labute approximate surface area is 184 Å². The Balaban J connectivity index is 1.26. The van der Waals surface area contributed by atoms with Crippen molar-refractivity contribution in [2.75, 3.05) is 6.54 Å². The summed E-state index contributed by atoms with van der Waals surface area (Å²) in [6.07, 6.45) is 13.2. The summed E-state index contributed by atoms with van der Waals surface area (Å²) in [6, 6.07) is 0. The lowest BCUT2D eigenvalue weighted by Gasteiger charge is -2.61. The van der Waals surface area contributed by atoms with Crippen LogP contribution in [0.1, 0.15) is 91.9 Å². The zero-order valence-corrected chi connectivity index (χ0v) is 19.8. The fourth-order valence-electron chi connectivity index (χ4n) is 10.4. The van der Waals surface area contributed by atoms with E-state index in [0.29, 0.717) is 22.9 Å². The van der Waals surface area contributed by atoms with Gasteiger partial charge in [-0.2, -0.15) is 0 Å². The van der Waals surface area contributed by atoms with E-state index in [1.807, 2.05) is 0 Å². The second-order valence-electron chi connectivity index (χ2n) is 13.3. The highest BCUT2D eigenvalue weighted by Crippen LogP contribution is 2.71. The first-order valence-electron chi connectivity index (χ1n) is 13.4. The fourth-order valence-corrected chi connectivity index (χ4v) is 10.4. The largest absolute Gasteiger partial charge is 0.393 e. The predicted octanol–water partition coefficient (Wildman–Crippen LogP) is 5.37. The molecule has 0 aromatic heterocycles. The molecule has 170 valence electrons. The molecule has 0 unspecified atom stereocenters. The summed E-state index contributed by atoms with van der Waals surface area (Å²) >= 11 is 0. The van der Waals surface area contributed by atoms with Gasteiger partial charge < -0.3 is 9.84 Å². The van der Waals surface area contributed by atoms with E-state index < -0.39 is 0 Å². The van der Waals surface area contributed by atoms with Crippen LogP contribution in [0.5, 0.6) is 0 Å². The van der Waals surface area contributed by atoms with Crippen LogP contribution < -0.4 is 5.32 Å². The lowest BCUT2D eigenvalue weighted by molar-refractivity contribution is -0.140. The number of fused-ring (bicyclic) bond motifs is 7. The van der Waals surface area contributed by atoms with E-state index in [2.05, 4.69) is 33.0 Å². The maximum Gasteiger partial charge on any atom is 0.122 e. The van der Waals surface area contributed by atoms with E-state index in [9.17, 15) is 5.11 Å². The quantitative estimate of drug-likeness (QED) is 0.559. The van der Waals surface area contributed by atoms with Crippen molar-refractivity contribution in [3.05, 3.63) is 0 Å². The van der Waals surface area contributed by atoms with Gasteiger partial charge in [0.2, 0.25) is 0 Å². The fraction of sp³-hybridized carbons (Fsp3) is 1.00. The van der Waals surface area contributed by atoms with Crippen LogP contribution in [0, 0.1) is 52.3 Å². The van der Waals surface area contributed by atoms with Gasteiger partial charge in [0.1, 0.15) is 5.72 Å². The van der Waals surface area contributed by atoms with Crippen molar-refractivity contribution >= 4 is 0 Å². The van der Waals surface area contributed by atoms with E-state index >= 15 is 0 Å². The Morgan fingerprint density at radius 3 is 2.43 bits per heavy atom. The third-order valence-corrected chi connectivity index (χ3v) is 12.1. The molecule has 3 nitrogen and oxygen atoms in total. The van der Waals surface area contributed by atoms with Crippen molar-refractivity contribution in [2.45, 2.75) is 110 Å². The number of hydrogen-bond donors (Lipinski definition) is 2. The molecule has 2 N–H and O–H groups in total. The van der Waals surface area contributed by atoms with Crippen LogP contribution in [0.2, 0.25) is 0 Å². The van der Waals surface area contributed by atoms with Crippen LogP contribution in [0.3, 0.4) is 0 Å². The normalized spacial score (nSPS) is 62.5. The van der Waals surface area contributed by atoms with Gasteiger partial charge in [-0.25, -0.2) is 0 Å². The van der Waals surface area contributed by atoms with Crippen molar-refractivity contribution in [1.82, 2.24) is 5.32 Å². The van der Waals surface area contributed by atoms with Crippen LogP contribution in [0.25, 0.3) is 0 Å². The van der Waals surface area contributed by atoms with Crippen molar-refractivity contribution in [3.8, 4) is 0 Å². The third kappa shape index (κ3) is 2.61. The summed E-state index contributed by atoms with van der Waals surface area (Å²) in [5.74, 6) is 5.57. The molecular weight excluding hydrogens is 370 g/mol. The summed E-state index contributed by atoms with van der Waals surface area (Å²) in [5.41, 5.74) is 0.919. The first-order chi connectivity index (χ1) is 14.3. The maximum atomic E-state index is 10.3. The van der Waals surface area contributed by atoms with E-state index in [-0.39, 0.29) is 11.8 Å². The second kappa shape index (κ2) is 6.70. The molecule has 6 aliphatic rings. The van der Waals surface area contributed by atoms with Crippen LogP contribution >= 0.6 is 0 Å². The van der Waals surface area contributed by atoms with Gasteiger partial charge in [0.25, 0.3) is 0 Å². The number of rotatable bonds is 0. The molecule has 1 spiro atoms. The van der Waals surface area contributed by atoms with Gasteiger partial charge in [-0.1, -0.05) is 27.7 Å². The first-order valence-corrected chi connectivity index (χ1v) is 13.4. The third-order valence-electron chi connectivity index (χ3n) is 12.1. The van der Waals surface area contributed by atoms with Crippen LogP contribution in [-0.2, 0) is 4.74 Å². The Hall–Kier alpha value is -0.120. The maximum absolute atomic E-state index is 10.3. The summed E-state index contributed by atoms with van der Waals surface area (Å²) in [7, 11) is 0. The molecule has 2 heterocycles. The highest BCUT2D eigenvalue weighted by molar-refractivity contribution is 5.16. The van der Waals surface area contributed by atoms with Crippen LogP contribution in [-0.4, -0.2) is 29.6 Å². The Kier molecular flexibility index (Phi) is 4.58. The summed E-state index contributed by atoms with van der Waals surface area (Å²) < 4.78 is 7.01. The van der Waals surface area contributed by atoms with E-state index in [1.54, 1.807) is 0 Å². The minimum atomic E-state index is -0.0320. The van der Waals surface area contributed by atoms with E-state index in [4.69, 9.17) is 4.74 Å². The predicted molar refractivity (Wildman–Crippen MR) is 120 cm³/mol. The van der Waals surface area contributed by atoms with Gasteiger partial charge in [0.05, 0.1) is 12.2 Å². The average molecular weight is 416 g/mol. The van der Waals surface area contributed by atoms with Crippen LogP contribution in [0.4, 0.5) is 0 Å². The van der Waals surface area contributed by atoms with Crippen molar-refractivity contribution < 1.29 is 9.84 Å². The molecule has 2 saturated heterocycles. The minimum absolute atomic E-state index is 0.0319. The minimum Gasteiger partial charge on any atom is -0.393 e. The summed E-state index contributed by atoms with van der Waals surface area (Å²) in [4.78, 5) is 0. The molecule has 6 rings (SSSR count). The molecule has 0 amide bonds. The molecule has 0 aromatic rings. The molecule has 0 aromatic carbocycles. The standard InChI is InChI=1S/C27H45NO2/c1-16-7-12-27(28-15-16)17(2)24-23(30-27)14-22-20-6-5-18-13-19(29)8-10-25(18,3)21(20)9-11-26(22,24)4/h16-24,28-29H,5-15H2,1-4H3/t16-,17+,18+,19+,20-,21+,22+,23+,24-,25+,26+,27-/m1/s1. The SMILES string of the molecule is C[C@@H]1CC[C@@]2(NC1)O[C@H]1C[C@H]3[C@@H]4CC[C@H]5C[C@@H](O)CC[C@]5(C)[C@H]4CC[C@]3(C)[C@@H]1[C@@H]2C. The highest BCUT2D eigenvalue weighted by Gasteiger charge is 2.68. The zero-order chi connectivity index (χ0) is 20.9. The van der Waals surface area contributed by atoms with Gasteiger partial charge in [-0.3, -0.25) is 5.32 Å². The topological polar surface area (TPSA) is 41.5 Å². The molecule has 0 bridgehead atoms. The number of aliphatic hydroxyl groups is 1. The van der Waals surface area contributed by atoms with E-state index in [0.717, 1.165) is 54.9 Å². The van der Waals surface area contributed by atoms with E-state index in [1.165, 1.54) is 51.4 Å². The molecule has 6 fully saturated rings. The number of ether oxygens (including phenoxy) is 1.